The quantitative estimate of drug-likeness (QED) is 0.694. The fourth-order valence-corrected chi connectivity index (χ4v) is 2.39. The molecule has 1 rings (SSSR count). The van der Waals surface area contributed by atoms with Crippen molar-refractivity contribution in [3.8, 4) is 6.07 Å². The van der Waals surface area contributed by atoms with Crippen molar-refractivity contribution in [2.24, 2.45) is 11.3 Å². The standard InChI is InChI=1S/C10H17BrN2/c1-9(5-12)6-13(2)8-10(7-11)3-4-10/h9H,3-4,6-8H2,1-2H3. The van der Waals surface area contributed by atoms with E-state index < -0.39 is 0 Å². The van der Waals surface area contributed by atoms with Crippen molar-refractivity contribution >= 4 is 15.9 Å². The van der Waals surface area contributed by atoms with Crippen molar-refractivity contribution in [1.82, 2.24) is 4.90 Å². The SMILES string of the molecule is CC(C#N)CN(C)CC1(CBr)CC1. The van der Waals surface area contributed by atoms with Gasteiger partial charge in [-0.1, -0.05) is 15.9 Å². The molecule has 0 aromatic carbocycles. The lowest BCUT2D eigenvalue weighted by Gasteiger charge is -2.22. The summed E-state index contributed by atoms with van der Waals surface area (Å²) in [5, 5.41) is 9.77. The third-order valence-corrected chi connectivity index (χ3v) is 3.84. The summed E-state index contributed by atoms with van der Waals surface area (Å²) in [7, 11) is 2.11. The molecule has 1 aliphatic carbocycles. The average molecular weight is 245 g/mol. The van der Waals surface area contributed by atoms with Crippen molar-refractivity contribution in [1.29, 1.82) is 5.26 Å². The molecule has 1 atom stereocenters. The van der Waals surface area contributed by atoms with Crippen LogP contribution >= 0.6 is 15.9 Å². The van der Waals surface area contributed by atoms with Gasteiger partial charge in [-0.05, 0) is 32.2 Å². The zero-order valence-corrected chi connectivity index (χ0v) is 9.97. The van der Waals surface area contributed by atoms with Gasteiger partial charge in [0.1, 0.15) is 0 Å². The van der Waals surface area contributed by atoms with Crippen LogP contribution in [0.15, 0.2) is 0 Å². The van der Waals surface area contributed by atoms with Crippen LogP contribution in [0.5, 0.6) is 0 Å². The number of nitrogens with zero attached hydrogens (tertiary/aromatic N) is 2. The molecule has 1 unspecified atom stereocenters. The van der Waals surface area contributed by atoms with Gasteiger partial charge in [0.15, 0.2) is 0 Å². The molecular weight excluding hydrogens is 228 g/mol. The molecule has 0 aromatic heterocycles. The Kier molecular flexibility index (Phi) is 3.75. The van der Waals surface area contributed by atoms with Crippen LogP contribution < -0.4 is 0 Å². The maximum atomic E-state index is 8.67. The smallest absolute Gasteiger partial charge is 0.0666 e. The van der Waals surface area contributed by atoms with Crippen LogP contribution in [0.3, 0.4) is 0 Å². The summed E-state index contributed by atoms with van der Waals surface area (Å²) in [4.78, 5) is 2.28. The van der Waals surface area contributed by atoms with Gasteiger partial charge >= 0.3 is 0 Å². The van der Waals surface area contributed by atoms with E-state index in [4.69, 9.17) is 5.26 Å². The van der Waals surface area contributed by atoms with Gasteiger partial charge in [-0.3, -0.25) is 0 Å². The summed E-state index contributed by atoms with van der Waals surface area (Å²) < 4.78 is 0. The normalized spacial score (nSPS) is 21.2. The molecule has 1 aliphatic rings. The molecule has 74 valence electrons. The van der Waals surface area contributed by atoms with Crippen LogP contribution in [0, 0.1) is 22.7 Å². The van der Waals surface area contributed by atoms with Crippen molar-refractivity contribution in [2.45, 2.75) is 19.8 Å². The molecule has 0 bridgehead atoms. The lowest BCUT2D eigenvalue weighted by molar-refractivity contribution is 0.261. The second-order valence-electron chi connectivity index (χ2n) is 4.36. The summed E-state index contributed by atoms with van der Waals surface area (Å²) in [5.74, 6) is 0.149. The molecule has 0 amide bonds. The van der Waals surface area contributed by atoms with Gasteiger partial charge in [0.25, 0.3) is 0 Å². The highest BCUT2D eigenvalue weighted by Crippen LogP contribution is 2.47. The van der Waals surface area contributed by atoms with Gasteiger partial charge in [-0.25, -0.2) is 0 Å². The van der Waals surface area contributed by atoms with Crippen LogP contribution in [0.25, 0.3) is 0 Å². The van der Waals surface area contributed by atoms with E-state index in [0.29, 0.717) is 5.41 Å². The number of hydrogen-bond acceptors (Lipinski definition) is 2. The Labute approximate surface area is 89.0 Å². The van der Waals surface area contributed by atoms with E-state index in [1.165, 1.54) is 12.8 Å². The number of rotatable bonds is 5. The number of nitriles is 1. The molecule has 0 aliphatic heterocycles. The molecular formula is C10H17BrN2. The highest BCUT2D eigenvalue weighted by Gasteiger charge is 2.42. The summed E-state index contributed by atoms with van der Waals surface area (Å²) >= 11 is 3.55. The van der Waals surface area contributed by atoms with Gasteiger partial charge in [0, 0.05) is 18.4 Å². The summed E-state index contributed by atoms with van der Waals surface area (Å²) in [6.45, 7) is 4.00. The van der Waals surface area contributed by atoms with E-state index in [-0.39, 0.29) is 5.92 Å². The first-order chi connectivity index (χ1) is 6.12. The zero-order valence-electron chi connectivity index (χ0n) is 8.39. The first-order valence-corrected chi connectivity index (χ1v) is 5.88. The Hall–Kier alpha value is -0.0700. The van der Waals surface area contributed by atoms with E-state index in [1.54, 1.807) is 0 Å². The Bertz CT molecular complexity index is 205. The minimum absolute atomic E-state index is 0.149. The zero-order chi connectivity index (χ0) is 9.90. The fourth-order valence-electron chi connectivity index (χ4n) is 1.66. The maximum absolute atomic E-state index is 8.67. The summed E-state index contributed by atoms with van der Waals surface area (Å²) in [6.07, 6.45) is 2.67. The predicted octanol–water partition coefficient (Wildman–Crippen LogP) is 2.25. The summed E-state index contributed by atoms with van der Waals surface area (Å²) in [6, 6.07) is 2.27. The maximum Gasteiger partial charge on any atom is 0.0666 e. The van der Waals surface area contributed by atoms with Crippen molar-refractivity contribution in [3.63, 3.8) is 0 Å². The van der Waals surface area contributed by atoms with E-state index in [1.807, 2.05) is 6.92 Å². The Morgan fingerprint density at radius 2 is 2.23 bits per heavy atom. The Morgan fingerprint density at radius 1 is 1.62 bits per heavy atom. The second kappa shape index (κ2) is 4.43. The van der Waals surface area contributed by atoms with E-state index in [9.17, 15) is 0 Å². The molecule has 0 N–H and O–H groups in total. The van der Waals surface area contributed by atoms with E-state index >= 15 is 0 Å². The molecule has 0 saturated heterocycles. The predicted molar refractivity (Wildman–Crippen MR) is 57.7 cm³/mol. The van der Waals surface area contributed by atoms with Crippen LogP contribution in [-0.2, 0) is 0 Å². The van der Waals surface area contributed by atoms with Crippen LogP contribution in [-0.4, -0.2) is 30.4 Å². The molecule has 1 saturated carbocycles. The first-order valence-electron chi connectivity index (χ1n) is 4.76. The average Bonchev–Trinajstić information content (AvgIpc) is 2.85. The minimum Gasteiger partial charge on any atom is -0.304 e. The van der Waals surface area contributed by atoms with E-state index in [0.717, 1.165) is 18.4 Å². The fraction of sp³-hybridized carbons (Fsp3) is 0.900. The first kappa shape index (κ1) is 11.0. The van der Waals surface area contributed by atoms with Crippen molar-refractivity contribution in [3.05, 3.63) is 0 Å². The minimum atomic E-state index is 0.149. The number of hydrogen-bond donors (Lipinski definition) is 0. The Balaban J connectivity index is 2.26. The molecule has 13 heavy (non-hydrogen) atoms. The van der Waals surface area contributed by atoms with Gasteiger partial charge in [0.2, 0.25) is 0 Å². The third-order valence-electron chi connectivity index (χ3n) is 2.65. The van der Waals surface area contributed by atoms with Crippen LogP contribution in [0.2, 0.25) is 0 Å². The largest absolute Gasteiger partial charge is 0.304 e. The number of halogens is 1. The monoisotopic (exact) mass is 244 g/mol. The second-order valence-corrected chi connectivity index (χ2v) is 4.92. The van der Waals surface area contributed by atoms with Crippen molar-refractivity contribution in [2.75, 3.05) is 25.5 Å². The van der Waals surface area contributed by atoms with Gasteiger partial charge in [-0.15, -0.1) is 0 Å². The number of alkyl halides is 1. The molecule has 2 nitrogen and oxygen atoms in total. The van der Waals surface area contributed by atoms with Gasteiger partial charge < -0.3 is 4.90 Å². The van der Waals surface area contributed by atoms with Gasteiger partial charge in [-0.2, -0.15) is 5.26 Å². The molecule has 0 spiro atoms. The Morgan fingerprint density at radius 3 is 2.62 bits per heavy atom. The van der Waals surface area contributed by atoms with Crippen LogP contribution in [0.1, 0.15) is 19.8 Å². The third kappa shape index (κ3) is 3.28. The topological polar surface area (TPSA) is 27.0 Å². The molecule has 0 heterocycles. The van der Waals surface area contributed by atoms with Crippen LogP contribution in [0.4, 0.5) is 0 Å². The highest BCUT2D eigenvalue weighted by molar-refractivity contribution is 9.09. The summed E-state index contributed by atoms with van der Waals surface area (Å²) in [5.41, 5.74) is 0.532. The molecule has 0 aromatic rings. The molecule has 0 radical (unpaired) electrons. The molecule has 1 fully saturated rings. The van der Waals surface area contributed by atoms with Gasteiger partial charge in [0.05, 0.1) is 12.0 Å². The molecule has 3 heteroatoms. The highest BCUT2D eigenvalue weighted by atomic mass is 79.9. The lowest BCUT2D eigenvalue weighted by atomic mass is 10.1. The van der Waals surface area contributed by atoms with E-state index in [2.05, 4.69) is 33.9 Å². The lowest BCUT2D eigenvalue weighted by Crippen LogP contribution is -2.31. The van der Waals surface area contributed by atoms with Crippen molar-refractivity contribution < 1.29 is 0 Å².